The van der Waals surface area contributed by atoms with Gasteiger partial charge in [-0.25, -0.2) is 0 Å². The number of amides is 1. The minimum Gasteiger partial charge on any atom is -0.483 e. The summed E-state index contributed by atoms with van der Waals surface area (Å²) in [6.07, 6.45) is -0.555. The van der Waals surface area contributed by atoms with Crippen LogP contribution in [-0.2, 0) is 11.3 Å². The molecule has 0 aromatic heterocycles. The second kappa shape index (κ2) is 9.02. The second-order valence-corrected chi connectivity index (χ2v) is 7.20. The summed E-state index contributed by atoms with van der Waals surface area (Å²) in [7, 11) is 0. The Bertz CT molecular complexity index is 763. The van der Waals surface area contributed by atoms with Gasteiger partial charge in [-0.1, -0.05) is 42.5 Å². The number of rotatable bonds is 5. The van der Waals surface area contributed by atoms with Crippen LogP contribution in [0.3, 0.4) is 0 Å². The van der Waals surface area contributed by atoms with E-state index in [-0.39, 0.29) is 12.5 Å². The van der Waals surface area contributed by atoms with Crippen molar-refractivity contribution in [2.75, 3.05) is 32.8 Å². The highest BCUT2D eigenvalue weighted by Gasteiger charge is 2.24. The highest BCUT2D eigenvalue weighted by Crippen LogP contribution is 2.20. The first-order valence-electron chi connectivity index (χ1n) is 9.44. The monoisotopic (exact) mass is 368 g/mol. The zero-order valence-electron chi connectivity index (χ0n) is 16.1. The predicted octanol–water partition coefficient (Wildman–Crippen LogP) is 2.39. The Morgan fingerprint density at radius 3 is 2.63 bits per heavy atom. The fourth-order valence-corrected chi connectivity index (χ4v) is 3.38. The van der Waals surface area contributed by atoms with Crippen LogP contribution in [0.2, 0.25) is 0 Å². The lowest BCUT2D eigenvalue weighted by molar-refractivity contribution is -0.134. The molecule has 1 atom stereocenters. The lowest BCUT2D eigenvalue weighted by atomic mass is 10.1. The van der Waals surface area contributed by atoms with Gasteiger partial charge in [-0.05, 0) is 36.6 Å². The Kier molecular flexibility index (Phi) is 6.48. The SMILES string of the molecule is Cc1cccc(OCC(=O)N2CCN(Cc3ccccc3)C[C@H](O)C2)c1C. The van der Waals surface area contributed by atoms with Gasteiger partial charge >= 0.3 is 0 Å². The van der Waals surface area contributed by atoms with Crippen LogP contribution < -0.4 is 4.74 Å². The summed E-state index contributed by atoms with van der Waals surface area (Å²) in [5.41, 5.74) is 3.40. The number of hydrogen-bond donors (Lipinski definition) is 1. The molecule has 5 heteroatoms. The van der Waals surface area contributed by atoms with Crippen LogP contribution in [0.5, 0.6) is 5.75 Å². The molecule has 1 fully saturated rings. The molecule has 1 amide bonds. The van der Waals surface area contributed by atoms with Gasteiger partial charge < -0.3 is 14.7 Å². The molecule has 3 rings (SSSR count). The van der Waals surface area contributed by atoms with E-state index < -0.39 is 6.10 Å². The third-order valence-electron chi connectivity index (χ3n) is 5.09. The quantitative estimate of drug-likeness (QED) is 0.881. The van der Waals surface area contributed by atoms with E-state index >= 15 is 0 Å². The van der Waals surface area contributed by atoms with E-state index in [1.54, 1.807) is 4.90 Å². The van der Waals surface area contributed by atoms with Crippen LogP contribution >= 0.6 is 0 Å². The predicted molar refractivity (Wildman–Crippen MR) is 106 cm³/mol. The van der Waals surface area contributed by atoms with Crippen molar-refractivity contribution in [1.82, 2.24) is 9.80 Å². The van der Waals surface area contributed by atoms with E-state index in [4.69, 9.17) is 4.74 Å². The maximum atomic E-state index is 12.6. The minimum atomic E-state index is -0.555. The van der Waals surface area contributed by atoms with E-state index in [1.807, 2.05) is 50.2 Å². The average Bonchev–Trinajstić information content (AvgIpc) is 2.84. The highest BCUT2D eigenvalue weighted by atomic mass is 16.5. The molecule has 1 N–H and O–H groups in total. The van der Waals surface area contributed by atoms with Crippen LogP contribution in [-0.4, -0.2) is 59.7 Å². The highest BCUT2D eigenvalue weighted by molar-refractivity contribution is 5.78. The molecule has 0 unspecified atom stereocenters. The zero-order chi connectivity index (χ0) is 19.2. The Labute approximate surface area is 161 Å². The fourth-order valence-electron chi connectivity index (χ4n) is 3.38. The summed E-state index contributed by atoms with van der Waals surface area (Å²) >= 11 is 0. The first-order chi connectivity index (χ1) is 13.0. The largest absolute Gasteiger partial charge is 0.483 e. The molecule has 1 heterocycles. The van der Waals surface area contributed by atoms with Gasteiger partial charge in [0, 0.05) is 32.7 Å². The van der Waals surface area contributed by atoms with Gasteiger partial charge in [0.25, 0.3) is 5.91 Å². The standard InChI is InChI=1S/C22H28N2O3/c1-17-7-6-10-21(18(17)2)27-16-22(26)24-12-11-23(14-20(25)15-24)13-19-8-4-3-5-9-19/h3-10,20,25H,11-16H2,1-2H3/t20-/m0/s1. The summed E-state index contributed by atoms with van der Waals surface area (Å²) in [5.74, 6) is 0.654. The lowest BCUT2D eigenvalue weighted by Crippen LogP contribution is -2.40. The van der Waals surface area contributed by atoms with Crippen LogP contribution in [0.25, 0.3) is 0 Å². The third kappa shape index (κ3) is 5.31. The van der Waals surface area contributed by atoms with E-state index in [9.17, 15) is 9.90 Å². The molecule has 5 nitrogen and oxygen atoms in total. The number of ether oxygens (including phenoxy) is 1. The van der Waals surface area contributed by atoms with Crippen LogP contribution in [0, 0.1) is 13.8 Å². The Morgan fingerprint density at radius 2 is 1.85 bits per heavy atom. The number of β-amino-alcohol motifs (C(OH)–C–C–N with tert-alkyl or cyclic N) is 1. The van der Waals surface area contributed by atoms with Crippen molar-refractivity contribution in [3.05, 3.63) is 65.2 Å². The number of nitrogens with zero attached hydrogens (tertiary/aromatic N) is 2. The van der Waals surface area contributed by atoms with E-state index in [2.05, 4.69) is 17.0 Å². The van der Waals surface area contributed by atoms with E-state index in [0.29, 0.717) is 19.6 Å². The third-order valence-corrected chi connectivity index (χ3v) is 5.09. The second-order valence-electron chi connectivity index (χ2n) is 7.20. The summed E-state index contributed by atoms with van der Waals surface area (Å²) in [4.78, 5) is 16.5. The molecule has 0 radical (unpaired) electrons. The van der Waals surface area contributed by atoms with E-state index in [0.717, 1.165) is 30.0 Å². The first-order valence-corrected chi connectivity index (χ1v) is 9.44. The summed E-state index contributed by atoms with van der Waals surface area (Å²) < 4.78 is 5.74. The minimum absolute atomic E-state index is 0.00427. The molecule has 2 aromatic carbocycles. The number of hydrogen-bond acceptors (Lipinski definition) is 4. The number of benzene rings is 2. The van der Waals surface area contributed by atoms with Crippen molar-refractivity contribution < 1.29 is 14.6 Å². The lowest BCUT2D eigenvalue weighted by Gasteiger charge is -2.22. The molecule has 0 saturated carbocycles. The van der Waals surface area contributed by atoms with Gasteiger partial charge in [0.05, 0.1) is 6.10 Å². The van der Waals surface area contributed by atoms with Gasteiger partial charge in [-0.2, -0.15) is 0 Å². The number of aliphatic hydroxyl groups excluding tert-OH is 1. The van der Waals surface area contributed by atoms with Gasteiger partial charge in [0.2, 0.25) is 0 Å². The fraction of sp³-hybridized carbons (Fsp3) is 0.409. The van der Waals surface area contributed by atoms with Crippen molar-refractivity contribution in [2.24, 2.45) is 0 Å². The summed E-state index contributed by atoms with van der Waals surface area (Å²) in [6, 6.07) is 16.0. The topological polar surface area (TPSA) is 53.0 Å². The van der Waals surface area contributed by atoms with Crippen molar-refractivity contribution in [3.63, 3.8) is 0 Å². The van der Waals surface area contributed by atoms with Crippen LogP contribution in [0.4, 0.5) is 0 Å². The molecule has 0 aliphatic carbocycles. The van der Waals surface area contributed by atoms with Gasteiger partial charge in [0.1, 0.15) is 5.75 Å². The Hall–Kier alpha value is -2.37. The molecule has 27 heavy (non-hydrogen) atoms. The van der Waals surface area contributed by atoms with Crippen LogP contribution in [0.1, 0.15) is 16.7 Å². The number of carbonyl (C=O) groups excluding carboxylic acids is 1. The molecule has 144 valence electrons. The van der Waals surface area contributed by atoms with Crippen molar-refractivity contribution in [2.45, 2.75) is 26.5 Å². The summed E-state index contributed by atoms with van der Waals surface area (Å²) in [6.45, 7) is 7.04. The van der Waals surface area contributed by atoms with Crippen molar-refractivity contribution in [1.29, 1.82) is 0 Å². The molecule has 0 spiro atoms. The summed E-state index contributed by atoms with van der Waals surface area (Å²) in [5, 5.41) is 10.3. The van der Waals surface area contributed by atoms with Crippen molar-refractivity contribution >= 4 is 5.91 Å². The molecule has 1 saturated heterocycles. The normalized spacial score (nSPS) is 18.2. The first kappa shape index (κ1) is 19.4. The Morgan fingerprint density at radius 1 is 1.07 bits per heavy atom. The van der Waals surface area contributed by atoms with Gasteiger partial charge in [-0.3, -0.25) is 9.69 Å². The van der Waals surface area contributed by atoms with Gasteiger partial charge in [0.15, 0.2) is 6.61 Å². The number of carbonyl (C=O) groups is 1. The zero-order valence-corrected chi connectivity index (χ0v) is 16.1. The molecular weight excluding hydrogens is 340 g/mol. The molecule has 1 aliphatic heterocycles. The maximum Gasteiger partial charge on any atom is 0.260 e. The molecule has 2 aromatic rings. The van der Waals surface area contributed by atoms with Gasteiger partial charge in [-0.15, -0.1) is 0 Å². The average molecular weight is 368 g/mol. The Balaban J connectivity index is 1.55. The molecule has 0 bridgehead atoms. The van der Waals surface area contributed by atoms with E-state index in [1.165, 1.54) is 5.56 Å². The van der Waals surface area contributed by atoms with Crippen LogP contribution in [0.15, 0.2) is 48.5 Å². The maximum absolute atomic E-state index is 12.6. The molecule has 1 aliphatic rings. The smallest absolute Gasteiger partial charge is 0.260 e. The van der Waals surface area contributed by atoms with Crippen molar-refractivity contribution in [3.8, 4) is 5.75 Å². The number of aryl methyl sites for hydroxylation is 1. The number of aliphatic hydroxyl groups is 1. The molecular formula is C22H28N2O3.